The van der Waals surface area contributed by atoms with Crippen LogP contribution >= 0.6 is 75.9 Å². The molecule has 0 bridgehead atoms. The number of aromatic carboxylic acids is 2. The third-order valence-electron chi connectivity index (χ3n) is 16.2. The molecular weight excluding hydrogens is 1700 g/mol. The van der Waals surface area contributed by atoms with Crippen LogP contribution in [0.4, 0.5) is 5.69 Å². The van der Waals surface area contributed by atoms with Crippen molar-refractivity contribution in [1.82, 2.24) is 9.97 Å². The van der Waals surface area contributed by atoms with Crippen molar-refractivity contribution in [2.24, 2.45) is 0 Å². The normalized spacial score (nSPS) is 10.2. The Morgan fingerprint density at radius 3 is 1.19 bits per heavy atom. The number of carboxylic acids is 2. The van der Waals surface area contributed by atoms with Gasteiger partial charge in [-0.25, -0.2) is 4.98 Å². The van der Waals surface area contributed by atoms with Gasteiger partial charge in [-0.1, -0.05) is 159 Å². The van der Waals surface area contributed by atoms with Crippen molar-refractivity contribution in [1.29, 1.82) is 0 Å². The molecule has 109 heavy (non-hydrogen) atoms. The number of carbonyl (C=O) groups excluding carboxylic acids is 4. The number of carbonyl (C=O) groups is 2. The van der Waals surface area contributed by atoms with E-state index in [2.05, 4.69) is 313 Å². The molecule has 0 saturated heterocycles. The van der Waals surface area contributed by atoms with Gasteiger partial charge in [-0.2, -0.15) is 47.4 Å². The number of alkyl halides is 2. The second-order valence-corrected chi connectivity index (χ2v) is 47.7. The molecule has 11 aromatic rings. The van der Waals surface area contributed by atoms with Gasteiger partial charge in [0.1, 0.15) is 0 Å². The summed E-state index contributed by atoms with van der Waals surface area (Å²) in [5.41, 5.74) is 27.6. The van der Waals surface area contributed by atoms with E-state index in [0.717, 1.165) is 33.4 Å². The van der Waals surface area contributed by atoms with Crippen LogP contribution in [0.5, 0.6) is 0 Å². The number of halogens is 5. The molecule has 0 atom stereocenters. The number of benzene rings is 8. The van der Waals surface area contributed by atoms with Crippen molar-refractivity contribution in [2.75, 3.05) is 63.2 Å². The molecule has 0 aliphatic carbocycles. The summed E-state index contributed by atoms with van der Waals surface area (Å²) in [4.78, 5) is 52.7. The van der Waals surface area contributed by atoms with E-state index in [4.69, 9.17) is 9.59 Å². The number of nitrogens with one attached hydrogen (secondary N) is 1. The molecule has 0 amide bonds. The molecule has 0 aliphatic heterocycles. The first-order valence-corrected chi connectivity index (χ1v) is 46.7. The van der Waals surface area contributed by atoms with E-state index in [1.54, 1.807) is 51.4 Å². The Morgan fingerprint density at radius 2 is 0.798 bits per heavy atom. The van der Waals surface area contributed by atoms with Crippen molar-refractivity contribution in [3.05, 3.63) is 308 Å². The topological polar surface area (TPSA) is 158 Å². The van der Waals surface area contributed by atoms with E-state index < -0.39 is 25.7 Å². The molecule has 0 fully saturated rings. The fraction of sp³-hybridized carbons (Fsp3) is 0.258. The van der Waals surface area contributed by atoms with Gasteiger partial charge in [-0.05, 0) is 229 Å². The van der Waals surface area contributed by atoms with Crippen LogP contribution in [-0.2, 0) is 9.59 Å². The first-order chi connectivity index (χ1) is 49.3. The van der Waals surface area contributed by atoms with Crippen molar-refractivity contribution in [2.45, 2.75) is 102 Å². The third kappa shape index (κ3) is 38.1. The average Bonchev–Trinajstić information content (AvgIpc) is 0.786. The van der Waals surface area contributed by atoms with E-state index in [1.807, 2.05) is 91.9 Å². The van der Waals surface area contributed by atoms with Crippen molar-refractivity contribution in [3.63, 3.8) is 0 Å². The minimum atomic E-state index is -1.76. The van der Waals surface area contributed by atoms with Gasteiger partial charge in [-0.15, -0.1) is 5.56 Å². The molecule has 3 aromatic heterocycles. The Labute approximate surface area is 732 Å². The minimum Gasteiger partial charge on any atom is -1.00 e. The van der Waals surface area contributed by atoms with Gasteiger partial charge >= 0.3 is 152 Å². The van der Waals surface area contributed by atoms with Crippen LogP contribution in [0.1, 0.15) is 98.6 Å². The zero-order chi connectivity index (χ0) is 79.6. The van der Waals surface area contributed by atoms with Gasteiger partial charge in [0.15, 0.2) is 12.4 Å². The molecule has 0 radical (unpaired) electrons. The Balaban J connectivity index is -0.00000120. The number of carboxylic acid groups (broad SMARTS) is 2. The minimum absolute atomic E-state index is 0. The number of hydrogen-bond donors (Lipinski definition) is 0. The van der Waals surface area contributed by atoms with Gasteiger partial charge in [-0.3, -0.25) is 9.97 Å². The molecule has 3 heterocycles. The van der Waals surface area contributed by atoms with Crippen LogP contribution in [0.3, 0.4) is 0 Å². The maximum Gasteiger partial charge on any atom is 1.00 e. The van der Waals surface area contributed by atoms with Crippen LogP contribution in [0.25, 0.3) is 44.5 Å². The number of pyridine rings is 3. The maximum atomic E-state index is 11.3. The van der Waals surface area contributed by atoms with Gasteiger partial charge in [0.05, 0.1) is 5.97 Å². The molecule has 10 nitrogen and oxygen atoms in total. The summed E-state index contributed by atoms with van der Waals surface area (Å²) in [6.07, 6.45) is 15.8. The van der Waals surface area contributed by atoms with Crippen LogP contribution in [0, 0.1) is 103 Å². The molecule has 1 N–H and O–H groups in total. The van der Waals surface area contributed by atoms with Gasteiger partial charge in [0.2, 0.25) is 0 Å². The summed E-state index contributed by atoms with van der Waals surface area (Å²) in [6, 6.07) is 62.8. The van der Waals surface area contributed by atoms with Crippen LogP contribution in [-0.4, -0.2) is 86.3 Å². The summed E-state index contributed by atoms with van der Waals surface area (Å²) in [6.45, 7) is 35.7. The van der Waals surface area contributed by atoms with Crippen molar-refractivity contribution >= 4 is 105 Å². The predicted octanol–water partition coefficient (Wildman–Crippen LogP) is 9.55. The second-order valence-electron chi connectivity index (χ2n) is 26.9. The summed E-state index contributed by atoms with van der Waals surface area (Å²) >= 11 is 13.5. The zero-order valence-corrected chi connectivity index (χ0v) is 78.4. The number of hydrogen-bond acceptors (Lipinski definition) is 9. The summed E-state index contributed by atoms with van der Waals surface area (Å²) in [5.74, 6) is 1.35. The Morgan fingerprint density at radius 1 is 0.440 bits per heavy atom. The summed E-state index contributed by atoms with van der Waals surface area (Å²) in [7, 11) is 3.40. The van der Waals surface area contributed by atoms with Crippen LogP contribution in [0.15, 0.2) is 218 Å². The second kappa shape index (κ2) is 53.3. The van der Waals surface area contributed by atoms with Crippen LogP contribution in [0.2, 0.25) is 0 Å². The van der Waals surface area contributed by atoms with Gasteiger partial charge < -0.3 is 41.7 Å². The maximum absolute atomic E-state index is 11.3. The molecule has 8 aromatic carbocycles. The van der Waals surface area contributed by atoms with Crippen molar-refractivity contribution in [3.8, 4) is 44.5 Å². The molecule has 0 saturated carbocycles. The first kappa shape index (κ1) is 107. The number of aromatic amines is 1. The summed E-state index contributed by atoms with van der Waals surface area (Å²) < 4.78 is 0. The molecule has 0 unspecified atom stereocenters. The van der Waals surface area contributed by atoms with Gasteiger partial charge in [0, 0.05) is 73.1 Å². The summed E-state index contributed by atoms with van der Waals surface area (Å²) in [5, 5.41) is 21.5. The number of aryl methyl sites for hydroxylation is 14. The largest absolute Gasteiger partial charge is 1.00 e. The predicted molar refractivity (Wildman–Crippen MR) is 462 cm³/mol. The smallest absolute Gasteiger partial charge is 1.00 e. The Kier molecular flexibility index (Phi) is 52.6. The van der Waals surface area contributed by atoms with Crippen LogP contribution < -0.4 is 99.0 Å². The fourth-order valence-electron chi connectivity index (χ4n) is 10.7. The first-order valence-electron chi connectivity index (χ1n) is 33.7. The monoisotopic (exact) mass is 1800 g/mol. The number of anilines is 1. The number of rotatable bonds is 9. The van der Waals surface area contributed by atoms with E-state index in [-0.39, 0.29) is 90.8 Å². The molecular formula is C89H105Br5Li3N4O6PS. The standard InChI is InChI=1S/C20H17NO2.2C13H13N.C11H18BrP.C10H15BrS.C10H15N.C9H9O2.2CH3Br.CO2.BrH.3Li/c1-13-3-6-17(19(11-13)15-7-9-21-10-8-15)16-5-4-14(2)18(12-16)20(22)23;2*1-10-3-4-11(2)13(9-10)12-5-7-14-8-6-12;1-9-6-7-10(2)11(8-9)13(3,4,5)12;1-8-5-6-9(2)10(7-8)12(3,4)11;1-8-5-6-9(2)10(7-8)11(3)4;1-6-3-4-7(2)8(5-6)9(10)11;2*1-2;2-1-3;;;;/h3-12H,1-2H3,(H,22,23);2*3-9H,1-2H3;6-8H,1-5H3;5-7H,1-4H3;5-7H,1-4H3;4-5H,1-2H3,(H,10,11);2*1H3;;1H;;;/q;;;;;;-1;;;;;3*+1/p-2. The molecule has 0 spiro atoms. The number of nitrogens with zero attached hydrogens (tertiary/aromatic N) is 3. The Bertz CT molecular complexity index is 4520. The molecule has 20 heteroatoms. The zero-order valence-electron chi connectivity index (χ0n) is 68.7. The van der Waals surface area contributed by atoms with Gasteiger partial charge in [0.25, 0.3) is 0 Å². The Hall–Kier alpha value is -5.70. The third-order valence-corrected chi connectivity index (χ3v) is 21.9. The van der Waals surface area contributed by atoms with E-state index >= 15 is 0 Å². The van der Waals surface area contributed by atoms with E-state index in [1.165, 1.54) is 93.8 Å². The average molecular weight is 1810 g/mol. The molecule has 11 rings (SSSR count). The van der Waals surface area contributed by atoms with E-state index in [9.17, 15) is 19.8 Å². The quantitative estimate of drug-likeness (QED) is 0.0594. The van der Waals surface area contributed by atoms with E-state index in [0.29, 0.717) is 11.1 Å². The molecule has 0 aliphatic rings. The van der Waals surface area contributed by atoms with Crippen molar-refractivity contribution < 1.29 is 108 Å². The number of H-pyrrole nitrogens is 1. The number of aromatic nitrogens is 3. The fourth-order valence-corrected chi connectivity index (χ4v) is 16.1. The SMILES string of the molecule is CBr.CBr.Cc1[c-]cc(C)c(C(=O)[O-])c1.Cc1ccc(-c2ccc(C)c(C(=O)[O-])c2)c(-c2ccncc2)c1.Cc1ccc(C)c(-c2cc[nH+]cc2)c1.Cc1ccc(C)c(-c2ccncc2)c1.Cc1ccc(C)c(N(C)C)c1.Cc1ccc(C)c(P(C)(C)(C)Br)c1.Cc1ccc(C)c(S(C)(C)Br)c1.O=C=O.[Br-].[Li+].[Li+].[Li+]. The molecule has 566 valence electrons.